The fourth-order valence-corrected chi connectivity index (χ4v) is 0.593. The van der Waals surface area contributed by atoms with Crippen LogP contribution in [0.15, 0.2) is 12.4 Å². The van der Waals surface area contributed by atoms with Crippen LogP contribution in [0.2, 0.25) is 0 Å². The molecule has 1 aromatic heterocycles. The smallest absolute Gasteiger partial charge is 0.418 e. The fraction of sp³-hybridized carbons (Fsp3) is 0.500. The highest BCUT2D eigenvalue weighted by Crippen LogP contribution is 2.06. The Morgan fingerprint density at radius 3 is 1.92 bits per heavy atom. The number of nitrogens with one attached hydrogen (secondary N) is 1. The number of aromatic amines is 1. The summed E-state index contributed by atoms with van der Waals surface area (Å²) in [7, 11) is -6.00. The van der Waals surface area contributed by atoms with E-state index in [1.165, 1.54) is 0 Å². The molecular weight excluding hydrogens is 187 g/mol. The van der Waals surface area contributed by atoms with Gasteiger partial charge in [0.1, 0.15) is 5.82 Å². The van der Waals surface area contributed by atoms with E-state index in [4.69, 9.17) is 0 Å². The maximum absolute atomic E-state index is 9.75. The summed E-state index contributed by atoms with van der Waals surface area (Å²) < 4.78 is 39.0. The first-order valence-corrected chi connectivity index (χ1v) is 3.67. The van der Waals surface area contributed by atoms with E-state index < -0.39 is 7.25 Å². The van der Waals surface area contributed by atoms with Gasteiger partial charge in [-0.2, -0.15) is 0 Å². The van der Waals surface area contributed by atoms with Crippen molar-refractivity contribution in [2.24, 2.45) is 0 Å². The van der Waals surface area contributed by atoms with Gasteiger partial charge in [-0.15, -0.1) is 0 Å². The normalized spacial score (nSPS) is 11.0. The maximum atomic E-state index is 9.75. The van der Waals surface area contributed by atoms with Crippen LogP contribution in [0.3, 0.4) is 0 Å². The molecule has 7 heteroatoms. The molecule has 76 valence electrons. The molecule has 0 saturated carbocycles. The lowest BCUT2D eigenvalue weighted by atomic mass is 10.2. The average Bonchev–Trinajstić information content (AvgIpc) is 2.31. The van der Waals surface area contributed by atoms with Crippen LogP contribution in [0.5, 0.6) is 0 Å². The van der Waals surface area contributed by atoms with E-state index in [-0.39, 0.29) is 0 Å². The van der Waals surface area contributed by atoms with E-state index in [1.54, 1.807) is 6.20 Å². The SMILES string of the molecule is CC(C)c1ncc[nH]1.F[B-](F)(F)F. The van der Waals surface area contributed by atoms with Crippen molar-refractivity contribution in [3.63, 3.8) is 0 Å². The summed E-state index contributed by atoms with van der Waals surface area (Å²) in [6.45, 7) is 4.22. The predicted octanol–water partition coefficient (Wildman–Crippen LogP) is 2.83. The Morgan fingerprint density at radius 2 is 1.77 bits per heavy atom. The Kier molecular flexibility index (Phi) is 4.51. The molecule has 0 aliphatic heterocycles. The van der Waals surface area contributed by atoms with Crippen LogP contribution in [-0.2, 0) is 0 Å². The summed E-state index contributed by atoms with van der Waals surface area (Å²) in [5, 5.41) is 0. The Bertz CT molecular complexity index is 213. The van der Waals surface area contributed by atoms with Crippen molar-refractivity contribution in [1.29, 1.82) is 0 Å². The van der Waals surface area contributed by atoms with Crippen molar-refractivity contribution in [3.05, 3.63) is 18.2 Å². The van der Waals surface area contributed by atoms with Gasteiger partial charge in [-0.25, -0.2) is 4.98 Å². The first kappa shape index (κ1) is 12.0. The van der Waals surface area contributed by atoms with Gasteiger partial charge in [-0.1, -0.05) is 13.8 Å². The van der Waals surface area contributed by atoms with Crippen molar-refractivity contribution in [2.45, 2.75) is 19.8 Å². The Morgan fingerprint density at radius 1 is 1.31 bits per heavy atom. The van der Waals surface area contributed by atoms with Crippen LogP contribution >= 0.6 is 0 Å². The van der Waals surface area contributed by atoms with Crippen LogP contribution in [0.25, 0.3) is 0 Å². The number of hydrogen-bond donors (Lipinski definition) is 1. The molecule has 13 heavy (non-hydrogen) atoms. The molecule has 0 unspecified atom stereocenters. The second-order valence-electron chi connectivity index (χ2n) is 2.62. The summed E-state index contributed by atoms with van der Waals surface area (Å²) in [5.41, 5.74) is 0. The molecule has 0 saturated heterocycles. The number of hydrogen-bond acceptors (Lipinski definition) is 1. The quantitative estimate of drug-likeness (QED) is 0.544. The lowest BCUT2D eigenvalue weighted by Gasteiger charge is -1.95. The molecule has 0 amide bonds. The highest BCUT2D eigenvalue weighted by Gasteiger charge is 2.20. The van der Waals surface area contributed by atoms with Gasteiger partial charge in [0, 0.05) is 18.3 Å². The van der Waals surface area contributed by atoms with Crippen molar-refractivity contribution in [2.75, 3.05) is 0 Å². The number of aromatic nitrogens is 2. The highest BCUT2D eigenvalue weighted by molar-refractivity contribution is 6.50. The van der Waals surface area contributed by atoms with Crippen LogP contribution < -0.4 is 0 Å². The zero-order chi connectivity index (χ0) is 10.5. The topological polar surface area (TPSA) is 28.7 Å². The van der Waals surface area contributed by atoms with E-state index in [0.717, 1.165) is 5.82 Å². The molecule has 0 aromatic carbocycles. The summed E-state index contributed by atoms with van der Waals surface area (Å²) >= 11 is 0. The van der Waals surface area contributed by atoms with Gasteiger partial charge in [0.15, 0.2) is 0 Å². The average molecular weight is 197 g/mol. The van der Waals surface area contributed by atoms with Crippen LogP contribution in [-0.4, -0.2) is 17.2 Å². The summed E-state index contributed by atoms with van der Waals surface area (Å²) in [6.07, 6.45) is 3.62. The minimum atomic E-state index is -6.00. The second kappa shape index (κ2) is 4.88. The third-order valence-corrected chi connectivity index (χ3v) is 1.07. The lowest BCUT2D eigenvalue weighted by Crippen LogP contribution is -2.02. The van der Waals surface area contributed by atoms with Gasteiger partial charge in [-0.05, 0) is 0 Å². The van der Waals surface area contributed by atoms with Gasteiger partial charge in [0.05, 0.1) is 0 Å². The Labute approximate surface area is 73.5 Å². The Hall–Kier alpha value is -1.01. The van der Waals surface area contributed by atoms with Gasteiger partial charge < -0.3 is 22.2 Å². The van der Waals surface area contributed by atoms with E-state index in [1.807, 2.05) is 6.20 Å². The number of imidazole rings is 1. The molecule has 1 rings (SSSR count). The van der Waals surface area contributed by atoms with Gasteiger partial charge >= 0.3 is 7.25 Å². The monoisotopic (exact) mass is 197 g/mol. The Balaban J connectivity index is 0.000000252. The molecule has 0 fully saturated rings. The standard InChI is InChI=1S/C6H10N2.BF4/c1-5(2)6-7-3-4-8-6;2-1(3,4)5/h3-5H,1-2H3,(H,7,8);/q;-1. The van der Waals surface area contributed by atoms with Gasteiger partial charge in [0.2, 0.25) is 0 Å². The third-order valence-electron chi connectivity index (χ3n) is 1.07. The predicted molar refractivity (Wildman–Crippen MR) is 42.9 cm³/mol. The third kappa shape index (κ3) is 8.90. The first-order valence-electron chi connectivity index (χ1n) is 3.67. The minimum Gasteiger partial charge on any atom is -0.418 e. The second-order valence-corrected chi connectivity index (χ2v) is 2.62. The molecule has 1 N–H and O–H groups in total. The van der Waals surface area contributed by atoms with Gasteiger partial charge in [0.25, 0.3) is 0 Å². The molecule has 0 atom stereocenters. The summed E-state index contributed by atoms with van der Waals surface area (Å²) in [6, 6.07) is 0. The minimum absolute atomic E-state index is 0.519. The van der Waals surface area contributed by atoms with Crippen LogP contribution in [0.1, 0.15) is 25.6 Å². The molecule has 1 heterocycles. The van der Waals surface area contributed by atoms with E-state index >= 15 is 0 Å². The molecular formula is C6H10BF4N2-. The van der Waals surface area contributed by atoms with Crippen LogP contribution in [0, 0.1) is 0 Å². The van der Waals surface area contributed by atoms with Crippen molar-refractivity contribution >= 4 is 7.25 Å². The number of nitrogens with zero attached hydrogens (tertiary/aromatic N) is 1. The highest BCUT2D eigenvalue weighted by atomic mass is 19.5. The first-order chi connectivity index (χ1) is 5.80. The van der Waals surface area contributed by atoms with E-state index in [2.05, 4.69) is 23.8 Å². The molecule has 2 nitrogen and oxygen atoms in total. The molecule has 0 bridgehead atoms. The zero-order valence-corrected chi connectivity index (χ0v) is 7.27. The summed E-state index contributed by atoms with van der Waals surface area (Å²) in [4.78, 5) is 7.09. The number of halogens is 4. The van der Waals surface area contributed by atoms with E-state index in [9.17, 15) is 17.3 Å². The molecule has 0 aliphatic rings. The van der Waals surface area contributed by atoms with Gasteiger partial charge in [-0.3, -0.25) is 0 Å². The number of rotatable bonds is 1. The molecule has 1 aromatic rings. The van der Waals surface area contributed by atoms with Crippen molar-refractivity contribution < 1.29 is 17.3 Å². The van der Waals surface area contributed by atoms with Crippen molar-refractivity contribution in [1.82, 2.24) is 9.97 Å². The fourth-order valence-electron chi connectivity index (χ4n) is 0.593. The zero-order valence-electron chi connectivity index (χ0n) is 7.27. The molecule has 0 spiro atoms. The summed E-state index contributed by atoms with van der Waals surface area (Å²) in [5.74, 6) is 1.58. The van der Waals surface area contributed by atoms with E-state index in [0.29, 0.717) is 5.92 Å². The number of H-pyrrole nitrogens is 1. The maximum Gasteiger partial charge on any atom is 0.673 e. The lowest BCUT2D eigenvalue weighted by molar-refractivity contribution is 0.368. The largest absolute Gasteiger partial charge is 0.673 e. The molecule has 0 aliphatic carbocycles. The van der Waals surface area contributed by atoms with Crippen molar-refractivity contribution in [3.8, 4) is 0 Å². The van der Waals surface area contributed by atoms with Crippen LogP contribution in [0.4, 0.5) is 17.3 Å². The molecule has 0 radical (unpaired) electrons.